The van der Waals surface area contributed by atoms with Gasteiger partial charge in [-0.25, -0.2) is 14.1 Å². The summed E-state index contributed by atoms with van der Waals surface area (Å²) in [5.74, 6) is -0.633. The Hall–Kier alpha value is -4.42. The van der Waals surface area contributed by atoms with Crippen LogP contribution >= 0.6 is 0 Å². The molecule has 4 aromatic rings. The first-order chi connectivity index (χ1) is 14.9. The predicted octanol–water partition coefficient (Wildman–Crippen LogP) is 2.17. The first kappa shape index (κ1) is 19.9. The van der Waals surface area contributed by atoms with E-state index < -0.39 is 10.8 Å². The zero-order chi connectivity index (χ0) is 22.0. The highest BCUT2D eigenvalue weighted by atomic mass is 19.1. The minimum Gasteiger partial charge on any atom is -0.361 e. The number of benzene rings is 1. The molecule has 0 aliphatic heterocycles. The zero-order valence-electron chi connectivity index (χ0n) is 16.1. The molecule has 3 aromatic heterocycles. The van der Waals surface area contributed by atoms with Crippen molar-refractivity contribution in [2.45, 2.75) is 20.0 Å². The van der Waals surface area contributed by atoms with Gasteiger partial charge >= 0.3 is 5.69 Å². The van der Waals surface area contributed by atoms with Crippen molar-refractivity contribution in [1.82, 2.24) is 29.7 Å². The van der Waals surface area contributed by atoms with Crippen LogP contribution in [-0.2, 0) is 13.1 Å². The second kappa shape index (κ2) is 8.14. The topological polar surface area (TPSA) is 147 Å². The van der Waals surface area contributed by atoms with Gasteiger partial charge in [-0.3, -0.25) is 24.9 Å². The molecule has 0 unspecified atom stereocenters. The minimum absolute atomic E-state index is 0.00247. The summed E-state index contributed by atoms with van der Waals surface area (Å²) in [5, 5.41) is 25.1. The van der Waals surface area contributed by atoms with E-state index in [9.17, 15) is 19.3 Å². The highest BCUT2D eigenvalue weighted by Crippen LogP contribution is 2.18. The molecule has 12 nitrogen and oxygen atoms in total. The van der Waals surface area contributed by atoms with Crippen LogP contribution in [0.2, 0.25) is 0 Å². The Labute approximate surface area is 173 Å². The van der Waals surface area contributed by atoms with Crippen LogP contribution in [0.25, 0.3) is 0 Å². The number of carbonyl (C=O) groups is 1. The Balaban J connectivity index is 1.47. The lowest BCUT2D eigenvalue weighted by Crippen LogP contribution is -2.17. The summed E-state index contributed by atoms with van der Waals surface area (Å²) in [6.45, 7) is 1.79. The van der Waals surface area contributed by atoms with Crippen LogP contribution < -0.4 is 5.32 Å². The van der Waals surface area contributed by atoms with E-state index in [1.807, 2.05) is 0 Å². The van der Waals surface area contributed by atoms with E-state index in [0.29, 0.717) is 16.9 Å². The molecular weight excluding hydrogens is 411 g/mol. The van der Waals surface area contributed by atoms with Gasteiger partial charge in [0.25, 0.3) is 5.91 Å². The number of hydrogen-bond donors (Lipinski definition) is 1. The minimum atomic E-state index is -0.628. The van der Waals surface area contributed by atoms with Gasteiger partial charge in [0.1, 0.15) is 30.3 Å². The van der Waals surface area contributed by atoms with Gasteiger partial charge in [0.05, 0.1) is 18.0 Å². The second-order valence-electron chi connectivity index (χ2n) is 6.53. The molecule has 13 heteroatoms. The molecule has 1 amide bonds. The van der Waals surface area contributed by atoms with Crippen molar-refractivity contribution in [3.63, 3.8) is 0 Å². The Morgan fingerprint density at radius 1 is 1.29 bits per heavy atom. The molecule has 0 radical (unpaired) electrons. The summed E-state index contributed by atoms with van der Waals surface area (Å²) in [7, 11) is 0. The van der Waals surface area contributed by atoms with Crippen LogP contribution in [0.5, 0.6) is 0 Å². The number of hydrogen-bond acceptors (Lipinski definition) is 8. The summed E-state index contributed by atoms with van der Waals surface area (Å²) in [4.78, 5) is 26.9. The van der Waals surface area contributed by atoms with Gasteiger partial charge in [0, 0.05) is 11.1 Å². The molecule has 1 N–H and O–H groups in total. The molecule has 0 aliphatic carbocycles. The summed E-state index contributed by atoms with van der Waals surface area (Å²) >= 11 is 0. The van der Waals surface area contributed by atoms with E-state index in [4.69, 9.17) is 4.52 Å². The van der Waals surface area contributed by atoms with Crippen molar-refractivity contribution >= 4 is 17.5 Å². The molecule has 0 aliphatic rings. The van der Waals surface area contributed by atoms with Crippen molar-refractivity contribution in [3.05, 3.63) is 81.5 Å². The molecule has 1 aromatic carbocycles. The van der Waals surface area contributed by atoms with Gasteiger partial charge < -0.3 is 4.52 Å². The fourth-order valence-electron chi connectivity index (χ4n) is 2.84. The Kier molecular flexibility index (Phi) is 5.22. The Morgan fingerprint density at radius 2 is 2.10 bits per heavy atom. The number of nitro groups is 1. The van der Waals surface area contributed by atoms with Crippen LogP contribution in [0.1, 0.15) is 27.4 Å². The third-order valence-corrected chi connectivity index (χ3v) is 4.40. The molecule has 0 saturated heterocycles. The summed E-state index contributed by atoms with van der Waals surface area (Å²) in [5.41, 5.74) is 0.625. The third-order valence-electron chi connectivity index (χ3n) is 4.40. The standard InChI is InChI=1S/C18H15FN8O4/c1-11-14(9-25-8-13(6-21-25)27(29)30)16(24-31-11)17(28)22-18-20-10-26(23-18)7-12-4-2-3-5-15(12)19/h2-6,8,10H,7,9H2,1H3,(H,22,23,28). The summed E-state index contributed by atoms with van der Waals surface area (Å²) in [6, 6.07) is 6.27. The van der Waals surface area contributed by atoms with E-state index in [0.717, 1.165) is 6.20 Å². The lowest BCUT2D eigenvalue weighted by Gasteiger charge is -2.03. The fourth-order valence-corrected chi connectivity index (χ4v) is 2.84. The average Bonchev–Trinajstić information content (AvgIpc) is 3.46. The largest absolute Gasteiger partial charge is 0.361 e. The van der Waals surface area contributed by atoms with Crippen LogP contribution in [0, 0.1) is 22.9 Å². The van der Waals surface area contributed by atoms with E-state index >= 15 is 0 Å². The molecule has 31 heavy (non-hydrogen) atoms. The van der Waals surface area contributed by atoms with Crippen molar-refractivity contribution in [2.75, 3.05) is 5.32 Å². The van der Waals surface area contributed by atoms with Crippen molar-refractivity contribution in [3.8, 4) is 0 Å². The lowest BCUT2D eigenvalue weighted by atomic mass is 10.2. The quantitative estimate of drug-likeness (QED) is 0.349. The van der Waals surface area contributed by atoms with Gasteiger partial charge in [-0.15, -0.1) is 5.10 Å². The van der Waals surface area contributed by atoms with E-state index in [1.165, 1.54) is 28.0 Å². The van der Waals surface area contributed by atoms with Gasteiger partial charge in [-0.2, -0.15) is 5.10 Å². The van der Waals surface area contributed by atoms with Crippen LogP contribution in [0.3, 0.4) is 0 Å². The third kappa shape index (κ3) is 4.29. The Bertz CT molecular complexity index is 1260. The van der Waals surface area contributed by atoms with Crippen molar-refractivity contribution in [1.29, 1.82) is 0 Å². The Morgan fingerprint density at radius 3 is 2.84 bits per heavy atom. The number of halogens is 1. The molecule has 158 valence electrons. The zero-order valence-corrected chi connectivity index (χ0v) is 16.1. The van der Waals surface area contributed by atoms with Gasteiger partial charge in [-0.1, -0.05) is 23.4 Å². The molecule has 0 fully saturated rings. The maximum Gasteiger partial charge on any atom is 0.307 e. The SMILES string of the molecule is Cc1onc(C(=O)Nc2ncn(Cc3ccccc3F)n2)c1Cn1cc([N+](=O)[O-])cn1. The van der Waals surface area contributed by atoms with E-state index in [2.05, 4.69) is 25.7 Å². The normalized spacial score (nSPS) is 10.9. The van der Waals surface area contributed by atoms with Gasteiger partial charge in [-0.05, 0) is 13.0 Å². The number of anilines is 1. The number of amides is 1. The number of carbonyl (C=O) groups excluding carboxylic acids is 1. The second-order valence-corrected chi connectivity index (χ2v) is 6.53. The average molecular weight is 426 g/mol. The summed E-state index contributed by atoms with van der Waals surface area (Å²) < 4.78 is 21.6. The highest BCUT2D eigenvalue weighted by molar-refractivity contribution is 6.02. The number of nitrogens with zero attached hydrogens (tertiary/aromatic N) is 7. The van der Waals surface area contributed by atoms with Gasteiger partial charge in [0.2, 0.25) is 5.95 Å². The predicted molar refractivity (Wildman–Crippen MR) is 103 cm³/mol. The monoisotopic (exact) mass is 426 g/mol. The van der Waals surface area contributed by atoms with Crippen molar-refractivity contribution < 1.29 is 18.6 Å². The number of nitrogens with one attached hydrogen (secondary N) is 1. The van der Waals surface area contributed by atoms with Gasteiger partial charge in [0.15, 0.2) is 5.69 Å². The lowest BCUT2D eigenvalue weighted by molar-refractivity contribution is -0.385. The van der Waals surface area contributed by atoms with Crippen LogP contribution in [0.15, 0.2) is 47.5 Å². The maximum absolute atomic E-state index is 13.8. The molecular formula is C18H15FN8O4. The highest BCUT2D eigenvalue weighted by Gasteiger charge is 2.22. The van der Waals surface area contributed by atoms with E-state index in [1.54, 1.807) is 25.1 Å². The fraction of sp³-hybridized carbons (Fsp3) is 0.167. The molecule has 3 heterocycles. The maximum atomic E-state index is 13.8. The molecule has 4 rings (SSSR count). The number of aromatic nitrogens is 6. The smallest absolute Gasteiger partial charge is 0.307 e. The first-order valence-electron chi connectivity index (χ1n) is 8.97. The summed E-state index contributed by atoms with van der Waals surface area (Å²) in [6.07, 6.45) is 3.70. The number of aryl methyl sites for hydroxylation is 1. The molecule has 0 atom stereocenters. The van der Waals surface area contributed by atoms with Crippen LogP contribution in [0.4, 0.5) is 16.0 Å². The van der Waals surface area contributed by atoms with Crippen molar-refractivity contribution in [2.24, 2.45) is 0 Å². The molecule has 0 bridgehead atoms. The first-order valence-corrected chi connectivity index (χ1v) is 8.97. The van der Waals surface area contributed by atoms with E-state index in [-0.39, 0.29) is 36.2 Å². The number of rotatable bonds is 7. The molecule has 0 spiro atoms. The van der Waals surface area contributed by atoms with Crippen LogP contribution in [-0.4, -0.2) is 40.5 Å². The molecule has 0 saturated carbocycles.